The zero-order valence-corrected chi connectivity index (χ0v) is 17.8. The van der Waals surface area contributed by atoms with Crippen molar-refractivity contribution in [2.75, 3.05) is 47.1 Å². The second kappa shape index (κ2) is 18.0. The molecule has 0 bridgehead atoms. The molecule has 1 saturated heterocycles. The third-order valence-electron chi connectivity index (χ3n) is 4.43. The Labute approximate surface area is 175 Å². The molecular formula is C23H36N2O4. The number of hydrogen-bond acceptors (Lipinski definition) is 6. The van der Waals surface area contributed by atoms with Gasteiger partial charge in [0.15, 0.2) is 6.29 Å². The number of carbonyl (C=O) groups excluding carboxylic acids is 1. The predicted octanol–water partition coefficient (Wildman–Crippen LogP) is 3.42. The van der Waals surface area contributed by atoms with Gasteiger partial charge in [0.1, 0.15) is 12.8 Å². The number of aldehydes is 1. The molecule has 1 aliphatic heterocycles. The average Bonchev–Trinajstić information content (AvgIpc) is 3.26. The number of hydrogen-bond donors (Lipinski definition) is 1. The summed E-state index contributed by atoms with van der Waals surface area (Å²) in [6.07, 6.45) is 9.74. The van der Waals surface area contributed by atoms with Crippen LogP contribution >= 0.6 is 0 Å². The summed E-state index contributed by atoms with van der Waals surface area (Å²) in [4.78, 5) is 15.1. The van der Waals surface area contributed by atoms with Gasteiger partial charge in [-0.3, -0.25) is 4.79 Å². The first-order valence-corrected chi connectivity index (χ1v) is 10.4. The maximum Gasteiger partial charge on any atom is 0.171 e. The molecule has 1 fully saturated rings. The van der Waals surface area contributed by atoms with Crippen LogP contribution in [0.3, 0.4) is 0 Å². The Hall–Kier alpha value is -2.02. The number of carbonyl (C=O) groups is 1. The second-order valence-electron chi connectivity index (χ2n) is 6.88. The van der Waals surface area contributed by atoms with Crippen LogP contribution in [-0.4, -0.2) is 59.1 Å². The molecule has 0 spiro atoms. The van der Waals surface area contributed by atoms with Crippen molar-refractivity contribution in [2.45, 2.75) is 32.1 Å². The lowest BCUT2D eigenvalue weighted by Crippen LogP contribution is -2.18. The van der Waals surface area contributed by atoms with Gasteiger partial charge in [0.2, 0.25) is 0 Å². The topological polar surface area (TPSA) is 69.1 Å². The summed E-state index contributed by atoms with van der Waals surface area (Å²) < 4.78 is 10.6. The Morgan fingerprint density at radius 1 is 1.28 bits per heavy atom. The van der Waals surface area contributed by atoms with Crippen LogP contribution in [0.15, 0.2) is 47.6 Å². The van der Waals surface area contributed by atoms with Crippen molar-refractivity contribution in [3.8, 4) is 0 Å². The summed E-state index contributed by atoms with van der Waals surface area (Å²) in [5, 5.41) is 6.67. The lowest BCUT2D eigenvalue weighted by molar-refractivity contribution is -0.102. The Morgan fingerprint density at radius 2 is 2.10 bits per heavy atom. The third-order valence-corrected chi connectivity index (χ3v) is 4.43. The number of oxime groups is 1. The lowest BCUT2D eigenvalue weighted by atomic mass is 10.1. The van der Waals surface area contributed by atoms with Crippen LogP contribution in [0.1, 0.15) is 31.2 Å². The van der Waals surface area contributed by atoms with E-state index in [0.717, 1.165) is 51.5 Å². The van der Waals surface area contributed by atoms with Crippen LogP contribution in [0.5, 0.6) is 0 Å². The summed E-state index contributed by atoms with van der Waals surface area (Å²) in [7, 11) is 3.39. The molecule has 2 rings (SSSR count). The molecule has 6 nitrogen and oxygen atoms in total. The molecule has 0 aliphatic carbocycles. The van der Waals surface area contributed by atoms with Crippen LogP contribution in [0, 0.1) is 5.92 Å². The molecule has 0 aromatic heterocycles. The number of nitrogens with zero attached hydrogens (tertiary/aromatic N) is 1. The van der Waals surface area contributed by atoms with Crippen molar-refractivity contribution in [1.82, 2.24) is 5.32 Å². The van der Waals surface area contributed by atoms with Gasteiger partial charge in [0.25, 0.3) is 0 Å². The van der Waals surface area contributed by atoms with E-state index in [0.29, 0.717) is 12.9 Å². The summed E-state index contributed by atoms with van der Waals surface area (Å²) in [6.45, 7) is 4.25. The Kier molecular flexibility index (Phi) is 15.6. The Balaban J connectivity index is 0.000000436. The first-order chi connectivity index (χ1) is 14.3. The number of nitrogens with one attached hydrogen (secondary N) is 1. The highest BCUT2D eigenvalue weighted by molar-refractivity contribution is 6.33. The van der Waals surface area contributed by atoms with Gasteiger partial charge >= 0.3 is 0 Å². The Bertz CT molecular complexity index is 570. The number of aryl methyl sites for hydroxylation is 1. The minimum atomic E-state index is 0.254. The predicted molar refractivity (Wildman–Crippen MR) is 117 cm³/mol. The van der Waals surface area contributed by atoms with E-state index in [1.165, 1.54) is 25.5 Å². The highest BCUT2D eigenvalue weighted by Crippen LogP contribution is 2.09. The molecule has 0 radical (unpaired) electrons. The lowest BCUT2D eigenvalue weighted by Gasteiger charge is -2.03. The van der Waals surface area contributed by atoms with Gasteiger partial charge in [-0.25, -0.2) is 0 Å². The van der Waals surface area contributed by atoms with Crippen molar-refractivity contribution < 1.29 is 19.1 Å². The second-order valence-corrected chi connectivity index (χ2v) is 6.88. The van der Waals surface area contributed by atoms with Crippen molar-refractivity contribution in [1.29, 1.82) is 0 Å². The molecule has 1 unspecified atom stereocenters. The maximum atomic E-state index is 10.5. The molecule has 0 amide bonds. The van der Waals surface area contributed by atoms with Gasteiger partial charge in [0, 0.05) is 13.2 Å². The van der Waals surface area contributed by atoms with Gasteiger partial charge < -0.3 is 19.6 Å². The number of rotatable bonds is 13. The zero-order chi connectivity index (χ0) is 21.0. The molecule has 0 saturated carbocycles. The quantitative estimate of drug-likeness (QED) is 0.236. The van der Waals surface area contributed by atoms with E-state index in [-0.39, 0.29) is 5.71 Å². The summed E-state index contributed by atoms with van der Waals surface area (Å²) >= 11 is 0. The fourth-order valence-electron chi connectivity index (χ4n) is 2.90. The fourth-order valence-corrected chi connectivity index (χ4v) is 2.90. The van der Waals surface area contributed by atoms with Crippen LogP contribution in [0.2, 0.25) is 0 Å². The van der Waals surface area contributed by atoms with Crippen molar-refractivity contribution in [3.63, 3.8) is 0 Å². The molecule has 1 atom stereocenters. The van der Waals surface area contributed by atoms with Crippen molar-refractivity contribution >= 4 is 12.0 Å². The highest BCUT2D eigenvalue weighted by Gasteiger charge is 2.13. The van der Waals surface area contributed by atoms with E-state index in [2.05, 4.69) is 39.6 Å². The van der Waals surface area contributed by atoms with Gasteiger partial charge in [-0.1, -0.05) is 48.0 Å². The summed E-state index contributed by atoms with van der Waals surface area (Å²) in [5.74, 6) is 0.778. The third kappa shape index (κ3) is 13.7. The molecule has 1 heterocycles. The van der Waals surface area contributed by atoms with E-state index in [1.54, 1.807) is 12.2 Å². The van der Waals surface area contributed by atoms with Gasteiger partial charge in [0.05, 0.1) is 13.2 Å². The number of benzene rings is 1. The molecule has 29 heavy (non-hydrogen) atoms. The van der Waals surface area contributed by atoms with Crippen molar-refractivity contribution in [2.24, 2.45) is 11.1 Å². The standard InChI is InChI=1S/C17H23NO3.C6H13NO/c1-20-18-17(15-19)12-8-14-21-13-7-3-6-11-16-9-4-2-5-10-16;1-7-4-6-2-3-8-5-6/h2,4-5,8-10,12,15H,3,6-7,11,13-14H2,1H3;6-7H,2-5H2,1H3/b12-8+,18-17+;. The minimum absolute atomic E-state index is 0.254. The normalized spacial score (nSPS) is 16.5. The number of unbranched alkanes of at least 4 members (excludes halogenated alkanes) is 2. The van der Waals surface area contributed by atoms with E-state index in [9.17, 15) is 4.79 Å². The zero-order valence-electron chi connectivity index (χ0n) is 17.8. The maximum absolute atomic E-state index is 10.5. The summed E-state index contributed by atoms with van der Waals surface area (Å²) in [6, 6.07) is 10.5. The SMILES string of the molecule is CNCC1CCOC1.CO/N=C(C=O)\C=C\COCCCCCc1ccccc1. The molecular weight excluding hydrogens is 368 g/mol. The molecule has 1 aromatic rings. The van der Waals surface area contributed by atoms with Gasteiger partial charge in [-0.2, -0.15) is 0 Å². The molecule has 1 N–H and O–H groups in total. The first kappa shape index (κ1) is 25.0. The van der Waals surface area contributed by atoms with E-state index in [1.807, 2.05) is 13.1 Å². The molecule has 6 heteroatoms. The first-order valence-electron chi connectivity index (χ1n) is 10.4. The number of allylic oxidation sites excluding steroid dienone is 1. The van der Waals surface area contributed by atoms with E-state index < -0.39 is 0 Å². The molecule has 1 aromatic carbocycles. The summed E-state index contributed by atoms with van der Waals surface area (Å²) in [5.41, 5.74) is 1.64. The van der Waals surface area contributed by atoms with Crippen LogP contribution in [0.25, 0.3) is 0 Å². The van der Waals surface area contributed by atoms with Gasteiger partial charge in [-0.05, 0) is 56.8 Å². The highest BCUT2D eigenvalue weighted by atomic mass is 16.6. The van der Waals surface area contributed by atoms with Gasteiger partial charge in [-0.15, -0.1) is 0 Å². The Morgan fingerprint density at radius 3 is 2.76 bits per heavy atom. The average molecular weight is 405 g/mol. The minimum Gasteiger partial charge on any atom is -0.399 e. The van der Waals surface area contributed by atoms with Crippen LogP contribution < -0.4 is 5.32 Å². The van der Waals surface area contributed by atoms with E-state index >= 15 is 0 Å². The van der Waals surface area contributed by atoms with Crippen LogP contribution in [0.4, 0.5) is 0 Å². The smallest absolute Gasteiger partial charge is 0.171 e. The monoisotopic (exact) mass is 404 g/mol. The molecule has 1 aliphatic rings. The molecule has 162 valence electrons. The van der Waals surface area contributed by atoms with E-state index in [4.69, 9.17) is 9.47 Å². The largest absolute Gasteiger partial charge is 0.399 e. The van der Waals surface area contributed by atoms with Crippen molar-refractivity contribution in [3.05, 3.63) is 48.0 Å². The fraction of sp³-hybridized carbons (Fsp3) is 0.565. The van der Waals surface area contributed by atoms with Crippen LogP contribution in [-0.2, 0) is 25.5 Å². The number of ether oxygens (including phenoxy) is 2.